The predicted octanol–water partition coefficient (Wildman–Crippen LogP) is 4.78. The third-order valence-electron chi connectivity index (χ3n) is 5.06. The van der Waals surface area contributed by atoms with Gasteiger partial charge in [-0.3, -0.25) is 9.59 Å². The molecule has 0 unspecified atom stereocenters. The highest BCUT2D eigenvalue weighted by molar-refractivity contribution is 6.05. The van der Waals surface area contributed by atoms with Gasteiger partial charge in [-0.2, -0.15) is 5.48 Å². The van der Waals surface area contributed by atoms with Crippen LogP contribution in [-0.2, 0) is 25.6 Å². The van der Waals surface area contributed by atoms with E-state index in [-0.39, 0.29) is 29.5 Å². The number of para-hydroxylation sites is 1. The summed E-state index contributed by atoms with van der Waals surface area (Å²) in [7, 11) is 0. The summed E-state index contributed by atoms with van der Waals surface area (Å²) in [5, 5.41) is 5.32. The fraction of sp³-hybridized carbons (Fsp3) is 0.429. The SMILES string of the molecule is CC(C)(C)CCC(=O)ONC(=O)c1ccccc1NC(=O)[C@H](Cc1ccccc1)NC(=O)OC(C)(C)C. The van der Waals surface area contributed by atoms with Crippen molar-refractivity contribution >= 4 is 29.6 Å². The average Bonchev–Trinajstić information content (AvgIpc) is 2.80. The van der Waals surface area contributed by atoms with Crippen molar-refractivity contribution in [3.8, 4) is 0 Å². The molecule has 9 heteroatoms. The van der Waals surface area contributed by atoms with Crippen LogP contribution in [0.15, 0.2) is 54.6 Å². The molecule has 2 aromatic rings. The number of amides is 3. The monoisotopic (exact) mass is 511 g/mol. The summed E-state index contributed by atoms with van der Waals surface area (Å²) in [6.07, 6.45) is 0.212. The molecule has 200 valence electrons. The molecule has 0 aliphatic rings. The van der Waals surface area contributed by atoms with Crippen molar-refractivity contribution in [2.45, 2.75) is 72.4 Å². The molecule has 0 aromatic heterocycles. The lowest BCUT2D eigenvalue weighted by Crippen LogP contribution is -2.47. The van der Waals surface area contributed by atoms with Gasteiger partial charge in [-0.05, 0) is 50.3 Å². The van der Waals surface area contributed by atoms with Crippen molar-refractivity contribution in [3.63, 3.8) is 0 Å². The first kappa shape index (κ1) is 29.4. The van der Waals surface area contributed by atoms with Gasteiger partial charge in [0.25, 0.3) is 5.91 Å². The van der Waals surface area contributed by atoms with Crippen LogP contribution >= 0.6 is 0 Å². The number of anilines is 1. The first-order chi connectivity index (χ1) is 17.2. The number of carbonyl (C=O) groups excluding carboxylic acids is 4. The second-order valence-corrected chi connectivity index (χ2v) is 10.9. The quantitative estimate of drug-likeness (QED) is 0.439. The molecule has 9 nitrogen and oxygen atoms in total. The summed E-state index contributed by atoms with van der Waals surface area (Å²) in [5.41, 5.74) is 2.46. The summed E-state index contributed by atoms with van der Waals surface area (Å²) in [6.45, 7) is 11.2. The molecule has 0 aliphatic carbocycles. The molecule has 0 spiro atoms. The summed E-state index contributed by atoms with van der Waals surface area (Å²) < 4.78 is 5.32. The zero-order valence-corrected chi connectivity index (χ0v) is 22.3. The van der Waals surface area contributed by atoms with Crippen LogP contribution in [0.3, 0.4) is 0 Å². The molecule has 3 N–H and O–H groups in total. The lowest BCUT2D eigenvalue weighted by molar-refractivity contribution is -0.149. The molecule has 3 amide bonds. The highest BCUT2D eigenvalue weighted by atomic mass is 16.7. The van der Waals surface area contributed by atoms with Crippen LogP contribution in [0.1, 0.15) is 70.3 Å². The van der Waals surface area contributed by atoms with Crippen molar-refractivity contribution < 1.29 is 28.8 Å². The summed E-state index contributed by atoms with van der Waals surface area (Å²) in [6, 6.07) is 14.5. The van der Waals surface area contributed by atoms with Crippen molar-refractivity contribution in [1.29, 1.82) is 0 Å². The number of rotatable bonds is 8. The smallest absolute Gasteiger partial charge is 0.408 e. The Morgan fingerprint density at radius 3 is 2.11 bits per heavy atom. The number of carbonyl (C=O) groups is 4. The van der Waals surface area contributed by atoms with E-state index in [4.69, 9.17) is 9.57 Å². The topological polar surface area (TPSA) is 123 Å². The number of hydrogen-bond donors (Lipinski definition) is 3. The minimum absolute atomic E-state index is 0.0520. The van der Waals surface area contributed by atoms with Gasteiger partial charge < -0.3 is 20.2 Å². The Morgan fingerprint density at radius 1 is 0.865 bits per heavy atom. The van der Waals surface area contributed by atoms with Crippen LogP contribution in [0.2, 0.25) is 0 Å². The van der Waals surface area contributed by atoms with Crippen LogP contribution in [0, 0.1) is 5.41 Å². The first-order valence-corrected chi connectivity index (χ1v) is 12.2. The van der Waals surface area contributed by atoms with E-state index >= 15 is 0 Å². The van der Waals surface area contributed by atoms with Gasteiger partial charge in [-0.25, -0.2) is 9.59 Å². The first-order valence-electron chi connectivity index (χ1n) is 12.2. The fourth-order valence-electron chi connectivity index (χ4n) is 3.21. The number of alkyl carbamates (subject to hydrolysis) is 1. The number of hydrogen-bond acceptors (Lipinski definition) is 6. The van der Waals surface area contributed by atoms with E-state index in [1.54, 1.807) is 39.0 Å². The maximum absolute atomic E-state index is 13.2. The lowest BCUT2D eigenvalue weighted by Gasteiger charge is -2.23. The molecule has 2 rings (SSSR count). The van der Waals surface area contributed by atoms with Gasteiger partial charge in [0.2, 0.25) is 5.91 Å². The highest BCUT2D eigenvalue weighted by Crippen LogP contribution is 2.21. The molecule has 0 radical (unpaired) electrons. The summed E-state index contributed by atoms with van der Waals surface area (Å²) in [5.74, 6) is -1.80. The number of hydroxylamine groups is 1. The predicted molar refractivity (Wildman–Crippen MR) is 141 cm³/mol. The van der Waals surface area contributed by atoms with E-state index in [2.05, 4.69) is 16.1 Å². The van der Waals surface area contributed by atoms with Crippen LogP contribution in [0.4, 0.5) is 10.5 Å². The molecule has 0 bridgehead atoms. The molecule has 0 fully saturated rings. The molecular formula is C28H37N3O6. The van der Waals surface area contributed by atoms with E-state index < -0.39 is 35.5 Å². The zero-order valence-electron chi connectivity index (χ0n) is 22.3. The molecule has 37 heavy (non-hydrogen) atoms. The van der Waals surface area contributed by atoms with Gasteiger partial charge in [0.15, 0.2) is 0 Å². The second-order valence-electron chi connectivity index (χ2n) is 10.9. The molecule has 0 saturated carbocycles. The van der Waals surface area contributed by atoms with E-state index in [9.17, 15) is 19.2 Å². The van der Waals surface area contributed by atoms with Crippen molar-refractivity contribution in [2.75, 3.05) is 5.32 Å². The van der Waals surface area contributed by atoms with Crippen molar-refractivity contribution in [2.24, 2.45) is 5.41 Å². The van der Waals surface area contributed by atoms with Gasteiger partial charge >= 0.3 is 12.1 Å². The van der Waals surface area contributed by atoms with Crippen LogP contribution in [0.5, 0.6) is 0 Å². The minimum atomic E-state index is -0.983. The van der Waals surface area contributed by atoms with Crippen LogP contribution in [0.25, 0.3) is 0 Å². The Balaban J connectivity index is 2.13. The third-order valence-corrected chi connectivity index (χ3v) is 5.06. The van der Waals surface area contributed by atoms with Gasteiger partial charge in [0, 0.05) is 12.8 Å². The Bertz CT molecular complexity index is 1090. The summed E-state index contributed by atoms with van der Waals surface area (Å²) >= 11 is 0. The van der Waals surface area contributed by atoms with Gasteiger partial charge in [0.1, 0.15) is 11.6 Å². The van der Waals surface area contributed by atoms with E-state index in [1.807, 2.05) is 51.1 Å². The van der Waals surface area contributed by atoms with Crippen molar-refractivity contribution in [1.82, 2.24) is 10.8 Å². The van der Waals surface area contributed by atoms with E-state index in [0.29, 0.717) is 6.42 Å². The van der Waals surface area contributed by atoms with Gasteiger partial charge in [-0.15, -0.1) is 0 Å². The molecule has 0 heterocycles. The number of ether oxygens (including phenoxy) is 1. The normalized spacial score (nSPS) is 12.2. The number of nitrogens with one attached hydrogen (secondary N) is 3. The Kier molecular flexibility index (Phi) is 10.2. The van der Waals surface area contributed by atoms with Gasteiger partial charge in [-0.1, -0.05) is 63.2 Å². The van der Waals surface area contributed by atoms with E-state index in [0.717, 1.165) is 5.56 Å². The average molecular weight is 512 g/mol. The largest absolute Gasteiger partial charge is 0.444 e. The highest BCUT2D eigenvalue weighted by Gasteiger charge is 2.26. The number of benzene rings is 2. The molecule has 2 aromatic carbocycles. The second kappa shape index (κ2) is 12.9. The van der Waals surface area contributed by atoms with Crippen LogP contribution in [-0.4, -0.2) is 35.5 Å². The zero-order chi connectivity index (χ0) is 27.6. The Hall–Kier alpha value is -3.88. The minimum Gasteiger partial charge on any atom is -0.444 e. The third kappa shape index (κ3) is 11.2. The van der Waals surface area contributed by atoms with Crippen molar-refractivity contribution in [3.05, 3.63) is 65.7 Å². The standard InChI is InChI=1S/C28H37N3O6/c1-27(2,3)17-16-23(32)37-31-24(33)20-14-10-11-15-21(20)29-25(34)22(18-19-12-8-7-9-13-19)30-26(35)36-28(4,5)6/h7-15,22H,16-18H2,1-6H3,(H,29,34)(H,30,35)(H,31,33)/t22-/m0/s1. The Labute approximate surface area is 218 Å². The lowest BCUT2D eigenvalue weighted by atomic mass is 9.91. The van der Waals surface area contributed by atoms with E-state index in [1.165, 1.54) is 6.07 Å². The molecule has 1 atom stereocenters. The van der Waals surface area contributed by atoms with Gasteiger partial charge in [0.05, 0.1) is 11.3 Å². The maximum atomic E-state index is 13.2. The summed E-state index contributed by atoms with van der Waals surface area (Å²) in [4.78, 5) is 55.3. The maximum Gasteiger partial charge on any atom is 0.408 e. The Morgan fingerprint density at radius 2 is 1.49 bits per heavy atom. The molecule has 0 saturated heterocycles. The molecular weight excluding hydrogens is 474 g/mol. The fourth-order valence-corrected chi connectivity index (χ4v) is 3.21. The van der Waals surface area contributed by atoms with Crippen LogP contribution < -0.4 is 16.1 Å². The molecule has 0 aliphatic heterocycles.